The number of rotatable bonds is 4. The van der Waals surface area contributed by atoms with Crippen LogP contribution >= 0.6 is 0 Å². The summed E-state index contributed by atoms with van der Waals surface area (Å²) in [5, 5.41) is 0. The summed E-state index contributed by atoms with van der Waals surface area (Å²) in [5.41, 5.74) is 1.42. The number of aromatic nitrogens is 2. The second kappa shape index (κ2) is 6.81. The highest BCUT2D eigenvalue weighted by atomic mass is 32.2. The number of imidazole rings is 1. The molecule has 0 bridgehead atoms. The van der Waals surface area contributed by atoms with E-state index in [-0.39, 0.29) is 23.9 Å². The first-order valence-corrected chi connectivity index (χ1v) is 9.59. The van der Waals surface area contributed by atoms with Crippen LogP contribution in [-0.4, -0.2) is 41.4 Å². The first-order chi connectivity index (χ1) is 12.3. The zero-order valence-corrected chi connectivity index (χ0v) is 15.5. The van der Waals surface area contributed by atoms with Gasteiger partial charge in [0.2, 0.25) is 10.0 Å². The lowest BCUT2D eigenvalue weighted by molar-refractivity contribution is -0.145. The first-order valence-electron chi connectivity index (χ1n) is 8.15. The van der Waals surface area contributed by atoms with Gasteiger partial charge in [0.05, 0.1) is 36.3 Å². The monoisotopic (exact) mass is 381 g/mol. The Kier molecular flexibility index (Phi) is 4.85. The molecular formula is C17H20FN3O4S. The fraction of sp³-hybridized carbons (Fsp3) is 0.412. The molecular weight excluding hydrogens is 361 g/mol. The zero-order chi connectivity index (χ0) is 19.1. The number of hydrogen-bond donors (Lipinski definition) is 0. The highest BCUT2D eigenvalue weighted by molar-refractivity contribution is 7.89. The highest BCUT2D eigenvalue weighted by Crippen LogP contribution is 2.30. The number of esters is 1. The van der Waals surface area contributed by atoms with E-state index in [0.717, 1.165) is 22.1 Å². The lowest BCUT2D eigenvalue weighted by atomic mass is 10.1. The van der Waals surface area contributed by atoms with Crippen molar-refractivity contribution in [2.45, 2.75) is 43.8 Å². The van der Waals surface area contributed by atoms with Gasteiger partial charge in [0.25, 0.3) is 0 Å². The van der Waals surface area contributed by atoms with Crippen molar-refractivity contribution in [1.82, 2.24) is 13.9 Å². The zero-order valence-electron chi connectivity index (χ0n) is 14.7. The number of sulfonamides is 1. The summed E-state index contributed by atoms with van der Waals surface area (Å²) in [4.78, 5) is 16.5. The maximum atomic E-state index is 13.2. The molecule has 0 N–H and O–H groups in total. The van der Waals surface area contributed by atoms with Crippen LogP contribution in [0.5, 0.6) is 0 Å². The number of fused-ring (bicyclic) bond motifs is 1. The van der Waals surface area contributed by atoms with E-state index in [1.165, 1.54) is 19.2 Å². The molecule has 1 aromatic carbocycles. The van der Waals surface area contributed by atoms with E-state index in [2.05, 4.69) is 4.98 Å². The second-order valence-corrected chi connectivity index (χ2v) is 8.28. The van der Waals surface area contributed by atoms with Crippen molar-refractivity contribution >= 4 is 16.0 Å². The minimum Gasteiger partial charge on any atom is -0.468 e. The number of ether oxygens (including phenoxy) is 1. The maximum absolute atomic E-state index is 13.2. The predicted molar refractivity (Wildman–Crippen MR) is 91.2 cm³/mol. The van der Waals surface area contributed by atoms with Crippen molar-refractivity contribution in [3.63, 3.8) is 0 Å². The Morgan fingerprint density at radius 3 is 2.54 bits per heavy atom. The largest absolute Gasteiger partial charge is 0.468 e. The molecule has 0 radical (unpaired) electrons. The molecule has 0 spiro atoms. The quantitative estimate of drug-likeness (QED) is 0.756. The Hall–Kier alpha value is -2.26. The van der Waals surface area contributed by atoms with Gasteiger partial charge in [-0.15, -0.1) is 0 Å². The number of hydrogen-bond acceptors (Lipinski definition) is 5. The van der Waals surface area contributed by atoms with E-state index in [1.54, 1.807) is 6.33 Å². The molecule has 7 nitrogen and oxygen atoms in total. The van der Waals surface area contributed by atoms with Crippen molar-refractivity contribution in [2.24, 2.45) is 0 Å². The predicted octanol–water partition coefficient (Wildman–Crippen LogP) is 1.89. The molecule has 0 amide bonds. The fourth-order valence-electron chi connectivity index (χ4n) is 3.09. The van der Waals surface area contributed by atoms with E-state index >= 15 is 0 Å². The normalized spacial score (nSPS) is 18.0. The van der Waals surface area contributed by atoms with Crippen LogP contribution in [0, 0.1) is 5.82 Å². The molecule has 3 rings (SSSR count). The topological polar surface area (TPSA) is 81.5 Å². The van der Waals surface area contributed by atoms with E-state index in [9.17, 15) is 17.6 Å². The fourth-order valence-corrected chi connectivity index (χ4v) is 4.63. The van der Waals surface area contributed by atoms with Gasteiger partial charge in [-0.3, -0.25) is 4.79 Å². The van der Waals surface area contributed by atoms with Crippen molar-refractivity contribution in [1.29, 1.82) is 0 Å². The van der Waals surface area contributed by atoms with Crippen LogP contribution in [0.15, 0.2) is 35.5 Å². The Morgan fingerprint density at radius 1 is 1.31 bits per heavy atom. The summed E-state index contributed by atoms with van der Waals surface area (Å²) < 4.78 is 47.2. The van der Waals surface area contributed by atoms with E-state index in [1.807, 2.05) is 18.4 Å². The van der Waals surface area contributed by atoms with E-state index < -0.39 is 27.9 Å². The van der Waals surface area contributed by atoms with Gasteiger partial charge in [0, 0.05) is 12.5 Å². The Labute approximate surface area is 151 Å². The molecule has 0 saturated carbocycles. The van der Waals surface area contributed by atoms with Crippen LogP contribution in [0.2, 0.25) is 0 Å². The molecule has 2 aromatic rings. The van der Waals surface area contributed by atoms with Gasteiger partial charge in [0.15, 0.2) is 0 Å². The van der Waals surface area contributed by atoms with Crippen LogP contribution < -0.4 is 0 Å². The molecule has 26 heavy (non-hydrogen) atoms. The van der Waals surface area contributed by atoms with Crippen LogP contribution in [0.3, 0.4) is 0 Å². The third-order valence-electron chi connectivity index (χ3n) is 4.47. The summed E-state index contributed by atoms with van der Waals surface area (Å²) in [6.45, 7) is 3.92. The summed E-state index contributed by atoms with van der Waals surface area (Å²) in [6, 6.07) is 3.61. The first kappa shape index (κ1) is 18.5. The van der Waals surface area contributed by atoms with Gasteiger partial charge < -0.3 is 9.30 Å². The van der Waals surface area contributed by atoms with Gasteiger partial charge in [0.1, 0.15) is 11.9 Å². The van der Waals surface area contributed by atoms with Crippen LogP contribution in [0.25, 0.3) is 0 Å². The molecule has 0 fully saturated rings. The van der Waals surface area contributed by atoms with Crippen LogP contribution in [0.1, 0.15) is 31.3 Å². The third kappa shape index (κ3) is 3.12. The van der Waals surface area contributed by atoms with Crippen LogP contribution in [-0.2, 0) is 32.5 Å². The van der Waals surface area contributed by atoms with Gasteiger partial charge in [-0.25, -0.2) is 17.8 Å². The summed E-state index contributed by atoms with van der Waals surface area (Å²) in [6.07, 6.45) is 1.78. The number of benzene rings is 1. The van der Waals surface area contributed by atoms with Gasteiger partial charge in [-0.1, -0.05) is 0 Å². The molecule has 140 valence electrons. The van der Waals surface area contributed by atoms with Crippen molar-refractivity contribution in [3.8, 4) is 0 Å². The average Bonchev–Trinajstić information content (AvgIpc) is 3.03. The molecule has 1 aliphatic heterocycles. The highest BCUT2D eigenvalue weighted by Gasteiger charge is 2.42. The summed E-state index contributed by atoms with van der Waals surface area (Å²) in [7, 11) is -2.81. The Balaban J connectivity index is 2.08. The smallest absolute Gasteiger partial charge is 0.324 e. The number of nitrogens with zero attached hydrogens (tertiary/aromatic N) is 3. The number of methoxy groups -OCH3 is 1. The standard InChI is InChI=1S/C17H20FN3O4S/c1-11(2)20-10-19-14-8-15(17(22)25-3)21(9-16(14)20)26(23,24)13-6-4-12(18)5-7-13/h4-7,10-11,15H,8-9H2,1-3H3/t15-/m0/s1. The lowest BCUT2D eigenvalue weighted by Crippen LogP contribution is -2.49. The van der Waals surface area contributed by atoms with Crippen LogP contribution in [0.4, 0.5) is 4.39 Å². The maximum Gasteiger partial charge on any atom is 0.324 e. The van der Waals surface area contributed by atoms with Gasteiger partial charge in [-0.2, -0.15) is 4.31 Å². The number of carbonyl (C=O) groups excluding carboxylic acids is 1. The van der Waals surface area contributed by atoms with Gasteiger partial charge >= 0.3 is 5.97 Å². The number of carbonyl (C=O) groups is 1. The average molecular weight is 381 g/mol. The SMILES string of the molecule is COC(=O)[C@@H]1Cc2ncn(C(C)C)c2CN1S(=O)(=O)c1ccc(F)cc1. The molecule has 1 aromatic heterocycles. The third-order valence-corrected chi connectivity index (χ3v) is 6.34. The van der Waals surface area contributed by atoms with E-state index in [0.29, 0.717) is 5.69 Å². The Morgan fingerprint density at radius 2 is 1.96 bits per heavy atom. The molecule has 0 saturated heterocycles. The van der Waals surface area contributed by atoms with E-state index in [4.69, 9.17) is 4.74 Å². The van der Waals surface area contributed by atoms with Crippen molar-refractivity contribution < 1.29 is 22.3 Å². The molecule has 1 aliphatic rings. The summed E-state index contributed by atoms with van der Waals surface area (Å²) in [5.74, 6) is -1.19. The van der Waals surface area contributed by atoms with Gasteiger partial charge in [-0.05, 0) is 38.1 Å². The number of halogens is 1. The van der Waals surface area contributed by atoms with Crippen molar-refractivity contribution in [3.05, 3.63) is 47.8 Å². The summed E-state index contributed by atoms with van der Waals surface area (Å²) >= 11 is 0. The molecule has 2 heterocycles. The minimum atomic E-state index is -4.02. The molecule has 9 heteroatoms. The minimum absolute atomic E-state index is 0.00695. The second-order valence-electron chi connectivity index (χ2n) is 6.39. The molecule has 0 aliphatic carbocycles. The Bertz CT molecular complexity index is 922. The lowest BCUT2D eigenvalue weighted by Gasteiger charge is -2.33. The molecule has 1 atom stereocenters. The van der Waals surface area contributed by atoms with Crippen molar-refractivity contribution in [2.75, 3.05) is 7.11 Å². The molecule has 0 unspecified atom stereocenters.